The van der Waals surface area contributed by atoms with Crippen LogP contribution in [0.3, 0.4) is 0 Å². The number of benzene rings is 2. The number of rotatable bonds is 6. The summed E-state index contributed by atoms with van der Waals surface area (Å²) in [5.41, 5.74) is 2.69. The van der Waals surface area contributed by atoms with Gasteiger partial charge in [0.15, 0.2) is 0 Å². The highest BCUT2D eigenvalue weighted by Gasteiger charge is 2.06. The second-order valence-corrected chi connectivity index (χ2v) is 6.47. The third-order valence-corrected chi connectivity index (χ3v) is 4.21. The van der Waals surface area contributed by atoms with Gasteiger partial charge >= 0.3 is 0 Å². The number of carbonyl (C=O) groups is 1. The Labute approximate surface area is 155 Å². The number of carbonyl (C=O) groups excluding carboxylic acids is 1. The van der Waals surface area contributed by atoms with Gasteiger partial charge in [-0.25, -0.2) is 4.98 Å². The normalized spacial score (nSPS) is 10.3. The van der Waals surface area contributed by atoms with Crippen molar-refractivity contribution in [2.45, 2.75) is 6.42 Å². The van der Waals surface area contributed by atoms with E-state index in [1.54, 1.807) is 18.3 Å². The van der Waals surface area contributed by atoms with Crippen molar-refractivity contribution < 1.29 is 4.79 Å². The molecule has 5 heteroatoms. The maximum Gasteiger partial charge on any atom is 0.252 e. The summed E-state index contributed by atoms with van der Waals surface area (Å²) in [6, 6.07) is 21.5. The highest BCUT2D eigenvalue weighted by Crippen LogP contribution is 2.18. The molecule has 1 amide bonds. The molecule has 0 aliphatic heterocycles. The van der Waals surface area contributed by atoms with Crippen molar-refractivity contribution in [3.8, 4) is 0 Å². The van der Waals surface area contributed by atoms with Gasteiger partial charge in [0, 0.05) is 22.9 Å². The maximum absolute atomic E-state index is 12.2. The van der Waals surface area contributed by atoms with Crippen LogP contribution in [0.1, 0.15) is 15.9 Å². The molecule has 0 saturated carbocycles. The lowest BCUT2D eigenvalue weighted by Crippen LogP contribution is -2.25. The fraction of sp³-hybridized carbons (Fsp3) is 0.100. The van der Waals surface area contributed by atoms with Gasteiger partial charge in [-0.3, -0.25) is 4.79 Å². The molecular weight excluding hydrogens is 378 g/mol. The monoisotopic (exact) mass is 395 g/mol. The number of amides is 1. The van der Waals surface area contributed by atoms with Gasteiger partial charge in [-0.05, 0) is 48.4 Å². The second kappa shape index (κ2) is 8.44. The molecule has 0 spiro atoms. The van der Waals surface area contributed by atoms with Gasteiger partial charge in [0.05, 0.1) is 5.56 Å². The Balaban J connectivity index is 1.52. The smallest absolute Gasteiger partial charge is 0.252 e. The molecule has 0 saturated heterocycles. The van der Waals surface area contributed by atoms with Crippen molar-refractivity contribution in [3.05, 3.63) is 88.5 Å². The van der Waals surface area contributed by atoms with E-state index in [2.05, 4.69) is 43.7 Å². The van der Waals surface area contributed by atoms with Gasteiger partial charge in [-0.2, -0.15) is 0 Å². The van der Waals surface area contributed by atoms with Crippen LogP contribution in [-0.2, 0) is 6.42 Å². The molecule has 4 nitrogen and oxygen atoms in total. The van der Waals surface area contributed by atoms with Gasteiger partial charge in [0.2, 0.25) is 0 Å². The summed E-state index contributed by atoms with van der Waals surface area (Å²) in [6.07, 6.45) is 2.39. The van der Waals surface area contributed by atoms with Crippen LogP contribution in [0, 0.1) is 0 Å². The van der Waals surface area contributed by atoms with Crippen molar-refractivity contribution in [2.75, 3.05) is 11.9 Å². The van der Waals surface area contributed by atoms with Gasteiger partial charge in [0.1, 0.15) is 5.82 Å². The molecule has 0 unspecified atom stereocenters. The Morgan fingerprint density at radius 1 is 0.960 bits per heavy atom. The maximum atomic E-state index is 12.2. The average molecular weight is 396 g/mol. The SMILES string of the molecule is O=C(NCCc1ccccc1)c1ccc(Nc2ccc(Br)cc2)nc1. The van der Waals surface area contributed by atoms with E-state index in [-0.39, 0.29) is 5.91 Å². The molecular formula is C20H18BrN3O. The minimum Gasteiger partial charge on any atom is -0.352 e. The summed E-state index contributed by atoms with van der Waals surface area (Å²) in [5, 5.41) is 6.12. The first-order chi connectivity index (χ1) is 12.2. The van der Waals surface area contributed by atoms with Crippen molar-refractivity contribution >= 4 is 33.3 Å². The van der Waals surface area contributed by atoms with Crippen LogP contribution in [0.2, 0.25) is 0 Å². The number of pyridine rings is 1. The van der Waals surface area contributed by atoms with Gasteiger partial charge in [-0.15, -0.1) is 0 Å². The zero-order chi connectivity index (χ0) is 17.5. The molecule has 2 N–H and O–H groups in total. The third-order valence-electron chi connectivity index (χ3n) is 3.68. The quantitative estimate of drug-likeness (QED) is 0.642. The fourth-order valence-electron chi connectivity index (χ4n) is 2.35. The Kier molecular flexibility index (Phi) is 5.80. The number of aromatic nitrogens is 1. The van der Waals surface area contributed by atoms with E-state index in [1.807, 2.05) is 42.5 Å². The number of halogens is 1. The fourth-order valence-corrected chi connectivity index (χ4v) is 2.61. The van der Waals surface area contributed by atoms with E-state index >= 15 is 0 Å². The van der Waals surface area contributed by atoms with Gasteiger partial charge in [-0.1, -0.05) is 46.3 Å². The first-order valence-electron chi connectivity index (χ1n) is 8.01. The highest BCUT2D eigenvalue weighted by molar-refractivity contribution is 9.10. The molecule has 1 aromatic heterocycles. The minimum absolute atomic E-state index is 0.112. The highest BCUT2D eigenvalue weighted by atomic mass is 79.9. The largest absolute Gasteiger partial charge is 0.352 e. The lowest BCUT2D eigenvalue weighted by atomic mass is 10.1. The molecule has 3 rings (SSSR count). The van der Waals surface area contributed by atoms with Crippen molar-refractivity contribution in [1.82, 2.24) is 10.3 Å². The number of nitrogens with one attached hydrogen (secondary N) is 2. The molecule has 1 heterocycles. The number of anilines is 2. The topological polar surface area (TPSA) is 54.0 Å². The summed E-state index contributed by atoms with van der Waals surface area (Å²) in [6.45, 7) is 0.599. The van der Waals surface area contributed by atoms with Crippen LogP contribution in [0.5, 0.6) is 0 Å². The van der Waals surface area contributed by atoms with E-state index in [1.165, 1.54) is 5.56 Å². The van der Waals surface area contributed by atoms with Crippen LogP contribution in [-0.4, -0.2) is 17.4 Å². The summed E-state index contributed by atoms with van der Waals surface area (Å²) < 4.78 is 1.02. The molecule has 0 atom stereocenters. The molecule has 3 aromatic rings. The van der Waals surface area contributed by atoms with E-state index in [4.69, 9.17) is 0 Å². The first-order valence-corrected chi connectivity index (χ1v) is 8.81. The van der Waals surface area contributed by atoms with Crippen molar-refractivity contribution in [2.24, 2.45) is 0 Å². The van der Waals surface area contributed by atoms with Crippen molar-refractivity contribution in [1.29, 1.82) is 0 Å². The van der Waals surface area contributed by atoms with Crippen molar-refractivity contribution in [3.63, 3.8) is 0 Å². The zero-order valence-corrected chi connectivity index (χ0v) is 15.2. The standard InChI is InChI=1S/C20H18BrN3O/c21-17-7-9-18(10-8-17)24-19-11-6-16(14-23-19)20(25)22-13-12-15-4-2-1-3-5-15/h1-11,14H,12-13H2,(H,22,25)(H,23,24). The van der Waals surface area contributed by atoms with E-state index in [0.29, 0.717) is 17.9 Å². The lowest BCUT2D eigenvalue weighted by molar-refractivity contribution is 0.0954. The third kappa shape index (κ3) is 5.16. The predicted molar refractivity (Wildman–Crippen MR) is 104 cm³/mol. The van der Waals surface area contributed by atoms with Crippen LogP contribution >= 0.6 is 15.9 Å². The van der Waals surface area contributed by atoms with E-state index in [9.17, 15) is 4.79 Å². The van der Waals surface area contributed by atoms with E-state index < -0.39 is 0 Å². The minimum atomic E-state index is -0.112. The molecule has 0 bridgehead atoms. The lowest BCUT2D eigenvalue weighted by Gasteiger charge is -2.08. The Hall–Kier alpha value is -2.66. The molecule has 2 aromatic carbocycles. The van der Waals surface area contributed by atoms with Crippen LogP contribution in [0.15, 0.2) is 77.4 Å². The van der Waals surface area contributed by atoms with Gasteiger partial charge in [0.25, 0.3) is 5.91 Å². The molecule has 0 aliphatic rings. The number of nitrogens with zero attached hydrogens (tertiary/aromatic N) is 1. The first kappa shape index (κ1) is 17.2. The van der Waals surface area contributed by atoms with Crippen LogP contribution in [0.25, 0.3) is 0 Å². The predicted octanol–water partition coefficient (Wildman–Crippen LogP) is 4.56. The van der Waals surface area contributed by atoms with Gasteiger partial charge < -0.3 is 10.6 Å². The number of hydrogen-bond acceptors (Lipinski definition) is 3. The molecule has 0 aliphatic carbocycles. The van der Waals surface area contributed by atoms with E-state index in [0.717, 1.165) is 16.6 Å². The summed E-state index contributed by atoms with van der Waals surface area (Å²) in [7, 11) is 0. The molecule has 0 radical (unpaired) electrons. The molecule has 25 heavy (non-hydrogen) atoms. The molecule has 0 fully saturated rings. The zero-order valence-electron chi connectivity index (χ0n) is 13.6. The van der Waals surface area contributed by atoms with Crippen LogP contribution in [0.4, 0.5) is 11.5 Å². The Morgan fingerprint density at radius 3 is 2.40 bits per heavy atom. The summed E-state index contributed by atoms with van der Waals surface area (Å²) in [5.74, 6) is 0.585. The molecule has 126 valence electrons. The Bertz CT molecular complexity index is 818. The second-order valence-electron chi connectivity index (χ2n) is 5.56. The average Bonchev–Trinajstić information content (AvgIpc) is 2.65. The summed E-state index contributed by atoms with van der Waals surface area (Å²) >= 11 is 3.40. The summed E-state index contributed by atoms with van der Waals surface area (Å²) in [4.78, 5) is 16.5. The Morgan fingerprint density at radius 2 is 1.72 bits per heavy atom. The number of hydrogen-bond donors (Lipinski definition) is 2. The van der Waals surface area contributed by atoms with Crippen LogP contribution < -0.4 is 10.6 Å².